The number of hydrogen-bond acceptors (Lipinski definition) is 1. The fourth-order valence-electron chi connectivity index (χ4n) is 2.37. The summed E-state index contributed by atoms with van der Waals surface area (Å²) in [5, 5.41) is 3.65. The Bertz CT molecular complexity index is 85.8. The number of hydrogen-bond donors (Lipinski definition) is 1. The first kappa shape index (κ1) is 14.0. The highest BCUT2D eigenvalue weighted by Gasteiger charge is 2.17. The highest BCUT2D eigenvalue weighted by molar-refractivity contribution is 4.75. The predicted molar refractivity (Wildman–Crippen MR) is 65.7 cm³/mol. The van der Waals surface area contributed by atoms with Crippen molar-refractivity contribution in [2.75, 3.05) is 6.54 Å². The third-order valence-corrected chi connectivity index (χ3v) is 2.95. The van der Waals surface area contributed by atoms with Crippen LogP contribution in [0.2, 0.25) is 0 Å². The molecule has 1 N–H and O–H groups in total. The maximum absolute atomic E-state index is 3.65. The monoisotopic (exact) mass is 199 g/mol. The van der Waals surface area contributed by atoms with Crippen molar-refractivity contribution in [3.05, 3.63) is 0 Å². The summed E-state index contributed by atoms with van der Waals surface area (Å²) >= 11 is 0. The highest BCUT2D eigenvalue weighted by Crippen LogP contribution is 2.20. The molecule has 1 nitrogen and oxygen atoms in total. The van der Waals surface area contributed by atoms with E-state index in [4.69, 9.17) is 0 Å². The molecule has 0 aromatic carbocycles. The maximum atomic E-state index is 3.65. The van der Waals surface area contributed by atoms with Crippen LogP contribution in [0.5, 0.6) is 0 Å². The van der Waals surface area contributed by atoms with Crippen LogP contribution in [-0.4, -0.2) is 12.6 Å². The van der Waals surface area contributed by atoms with Gasteiger partial charge in [-0.05, 0) is 31.7 Å². The third kappa shape index (κ3) is 5.64. The van der Waals surface area contributed by atoms with Crippen LogP contribution in [0.25, 0.3) is 0 Å². The first-order valence-corrected chi connectivity index (χ1v) is 6.53. The first-order chi connectivity index (χ1) is 6.79. The molecule has 0 amide bonds. The lowest BCUT2D eigenvalue weighted by atomic mass is 9.88. The van der Waals surface area contributed by atoms with E-state index < -0.39 is 0 Å². The molecule has 0 bridgehead atoms. The number of nitrogens with one attached hydrogen (secondary N) is 1. The summed E-state index contributed by atoms with van der Waals surface area (Å²) in [4.78, 5) is 0. The van der Waals surface area contributed by atoms with Crippen LogP contribution < -0.4 is 5.32 Å². The van der Waals surface area contributed by atoms with Gasteiger partial charge >= 0.3 is 0 Å². The second-order valence-electron chi connectivity index (χ2n) is 4.29. The molecule has 1 atom stereocenters. The molecule has 0 heterocycles. The second kappa shape index (κ2) is 9.51. The lowest BCUT2D eigenvalue weighted by Gasteiger charge is -2.27. The number of rotatable bonds is 9. The minimum Gasteiger partial charge on any atom is -0.314 e. The van der Waals surface area contributed by atoms with Crippen LogP contribution in [0.3, 0.4) is 0 Å². The molecule has 0 aromatic heterocycles. The summed E-state index contributed by atoms with van der Waals surface area (Å²) in [5.41, 5.74) is 0. The molecular formula is C13H29N. The van der Waals surface area contributed by atoms with Gasteiger partial charge in [-0.3, -0.25) is 0 Å². The molecule has 1 heteroatoms. The van der Waals surface area contributed by atoms with Crippen molar-refractivity contribution in [2.45, 2.75) is 72.3 Å². The minimum atomic E-state index is 0.768. The highest BCUT2D eigenvalue weighted by atomic mass is 14.9. The SMILES string of the molecule is CCCC(CCC)C(CCC)NCC. The first-order valence-electron chi connectivity index (χ1n) is 6.53. The second-order valence-corrected chi connectivity index (χ2v) is 4.29. The summed E-state index contributed by atoms with van der Waals surface area (Å²) in [6, 6.07) is 0.768. The quantitative estimate of drug-likeness (QED) is 0.592. The van der Waals surface area contributed by atoms with E-state index in [0.29, 0.717) is 0 Å². The molecule has 0 aliphatic carbocycles. The molecular weight excluding hydrogens is 170 g/mol. The third-order valence-electron chi connectivity index (χ3n) is 2.95. The molecule has 0 rings (SSSR count). The molecule has 0 radical (unpaired) electrons. The Morgan fingerprint density at radius 1 is 0.786 bits per heavy atom. The topological polar surface area (TPSA) is 12.0 Å². The molecule has 14 heavy (non-hydrogen) atoms. The van der Waals surface area contributed by atoms with Crippen molar-refractivity contribution in [2.24, 2.45) is 5.92 Å². The van der Waals surface area contributed by atoms with Gasteiger partial charge in [-0.25, -0.2) is 0 Å². The van der Waals surface area contributed by atoms with E-state index in [0.717, 1.165) is 18.5 Å². The Kier molecular flexibility index (Phi) is 9.49. The fraction of sp³-hybridized carbons (Fsp3) is 1.00. The van der Waals surface area contributed by atoms with Crippen molar-refractivity contribution in [1.82, 2.24) is 5.32 Å². The molecule has 86 valence electrons. The largest absolute Gasteiger partial charge is 0.314 e. The van der Waals surface area contributed by atoms with Gasteiger partial charge in [-0.2, -0.15) is 0 Å². The van der Waals surface area contributed by atoms with Gasteiger partial charge in [0.05, 0.1) is 0 Å². The fourth-order valence-corrected chi connectivity index (χ4v) is 2.37. The van der Waals surface area contributed by atoms with Gasteiger partial charge in [0.25, 0.3) is 0 Å². The van der Waals surface area contributed by atoms with E-state index >= 15 is 0 Å². The lowest BCUT2D eigenvalue weighted by molar-refractivity contribution is 0.298. The van der Waals surface area contributed by atoms with Gasteiger partial charge in [0.2, 0.25) is 0 Å². The van der Waals surface area contributed by atoms with Crippen molar-refractivity contribution in [3.8, 4) is 0 Å². The normalized spacial score (nSPS) is 13.5. The molecule has 0 spiro atoms. The van der Waals surface area contributed by atoms with Crippen LogP contribution in [0.4, 0.5) is 0 Å². The summed E-state index contributed by atoms with van der Waals surface area (Å²) in [5.74, 6) is 0.907. The van der Waals surface area contributed by atoms with Gasteiger partial charge in [-0.1, -0.05) is 47.0 Å². The molecule has 0 fully saturated rings. The van der Waals surface area contributed by atoms with Gasteiger partial charge in [0.15, 0.2) is 0 Å². The molecule has 0 aliphatic rings. The van der Waals surface area contributed by atoms with Gasteiger partial charge < -0.3 is 5.32 Å². The molecule has 0 saturated heterocycles. The summed E-state index contributed by atoms with van der Waals surface area (Å²) in [7, 11) is 0. The lowest BCUT2D eigenvalue weighted by Crippen LogP contribution is -2.36. The molecule has 0 aliphatic heterocycles. The van der Waals surface area contributed by atoms with Crippen molar-refractivity contribution >= 4 is 0 Å². The van der Waals surface area contributed by atoms with Crippen LogP contribution >= 0.6 is 0 Å². The Balaban J connectivity index is 4.06. The van der Waals surface area contributed by atoms with Gasteiger partial charge in [0, 0.05) is 6.04 Å². The van der Waals surface area contributed by atoms with Crippen molar-refractivity contribution in [1.29, 1.82) is 0 Å². The maximum Gasteiger partial charge on any atom is 0.00951 e. The molecule has 0 saturated carbocycles. The average molecular weight is 199 g/mol. The van der Waals surface area contributed by atoms with Gasteiger partial charge in [-0.15, -0.1) is 0 Å². The Hall–Kier alpha value is -0.0400. The van der Waals surface area contributed by atoms with E-state index in [1.807, 2.05) is 0 Å². The standard InChI is InChI=1S/C13H29N/c1-5-9-12(10-6-2)13(11-7-3)14-8-4/h12-14H,5-11H2,1-4H3. The van der Waals surface area contributed by atoms with E-state index in [-0.39, 0.29) is 0 Å². The summed E-state index contributed by atoms with van der Waals surface area (Å²) in [6.07, 6.45) is 8.10. The van der Waals surface area contributed by atoms with Crippen LogP contribution in [0, 0.1) is 5.92 Å². The molecule has 0 aromatic rings. The summed E-state index contributed by atoms with van der Waals surface area (Å²) in [6.45, 7) is 10.2. The van der Waals surface area contributed by atoms with E-state index in [9.17, 15) is 0 Å². The Morgan fingerprint density at radius 3 is 1.64 bits per heavy atom. The average Bonchev–Trinajstić information content (AvgIpc) is 2.17. The Morgan fingerprint density at radius 2 is 1.29 bits per heavy atom. The Labute approximate surface area is 90.7 Å². The van der Waals surface area contributed by atoms with Crippen molar-refractivity contribution < 1.29 is 0 Å². The van der Waals surface area contributed by atoms with Gasteiger partial charge in [0.1, 0.15) is 0 Å². The van der Waals surface area contributed by atoms with Crippen LogP contribution in [0.1, 0.15) is 66.2 Å². The van der Waals surface area contributed by atoms with E-state index in [1.165, 1.54) is 38.5 Å². The van der Waals surface area contributed by atoms with E-state index in [2.05, 4.69) is 33.0 Å². The zero-order valence-electron chi connectivity index (χ0n) is 10.6. The predicted octanol–water partition coefficient (Wildman–Crippen LogP) is 3.98. The van der Waals surface area contributed by atoms with E-state index in [1.54, 1.807) is 0 Å². The van der Waals surface area contributed by atoms with Crippen LogP contribution in [-0.2, 0) is 0 Å². The zero-order chi connectivity index (χ0) is 10.8. The minimum absolute atomic E-state index is 0.768. The summed E-state index contributed by atoms with van der Waals surface area (Å²) < 4.78 is 0. The molecule has 1 unspecified atom stereocenters. The zero-order valence-corrected chi connectivity index (χ0v) is 10.6. The smallest absolute Gasteiger partial charge is 0.00951 e. The van der Waals surface area contributed by atoms with Crippen LogP contribution in [0.15, 0.2) is 0 Å². The van der Waals surface area contributed by atoms with Crippen molar-refractivity contribution in [3.63, 3.8) is 0 Å².